The number of rotatable bonds is 2. The van der Waals surface area contributed by atoms with Crippen molar-refractivity contribution in [2.45, 2.75) is 11.5 Å². The molecule has 0 aliphatic carbocycles. The lowest BCUT2D eigenvalue weighted by molar-refractivity contribution is -0.137. The summed E-state index contributed by atoms with van der Waals surface area (Å²) in [5, 5.41) is 0.315. The molecule has 0 saturated heterocycles. The Morgan fingerprint density at radius 1 is 0.950 bits per heavy atom. The molecular weight excluding hydrogens is 343 g/mol. The molecule has 2 rings (SSSR count). The minimum absolute atomic E-state index is 0.315. The van der Waals surface area contributed by atoms with Gasteiger partial charge in [-0.3, -0.25) is 0 Å². The van der Waals surface area contributed by atoms with Crippen molar-refractivity contribution in [3.8, 4) is 11.1 Å². The smallest absolute Gasteiger partial charge is 0.204 e. The summed E-state index contributed by atoms with van der Waals surface area (Å²) in [6, 6.07) is 6.53. The molecule has 0 bridgehead atoms. The van der Waals surface area contributed by atoms with Gasteiger partial charge in [-0.25, -0.2) is 8.78 Å². The molecule has 106 valence electrons. The van der Waals surface area contributed by atoms with Crippen LogP contribution in [0.5, 0.6) is 0 Å². The highest BCUT2D eigenvalue weighted by Gasteiger charge is 2.34. The van der Waals surface area contributed by atoms with Crippen molar-refractivity contribution >= 4 is 15.9 Å². The average Bonchev–Trinajstić information content (AvgIpc) is 2.40. The zero-order valence-corrected chi connectivity index (χ0v) is 11.5. The molecule has 0 spiro atoms. The van der Waals surface area contributed by atoms with Gasteiger partial charge < -0.3 is 0 Å². The molecule has 2 aromatic carbocycles. The van der Waals surface area contributed by atoms with Crippen LogP contribution < -0.4 is 0 Å². The molecule has 20 heavy (non-hydrogen) atoms. The molecule has 0 unspecified atom stereocenters. The number of halogens is 6. The number of hydrogen-bond donors (Lipinski definition) is 0. The van der Waals surface area contributed by atoms with Gasteiger partial charge >= 0.3 is 6.18 Å². The molecule has 0 saturated carbocycles. The number of benzene rings is 2. The Kier molecular flexibility index (Phi) is 4.13. The van der Waals surface area contributed by atoms with E-state index in [1.165, 1.54) is 18.2 Å². The van der Waals surface area contributed by atoms with Crippen LogP contribution in [0.4, 0.5) is 22.0 Å². The Hall–Kier alpha value is -1.43. The summed E-state index contributed by atoms with van der Waals surface area (Å²) in [6.45, 7) is 0. The van der Waals surface area contributed by atoms with E-state index in [1.54, 1.807) is 0 Å². The third-order valence-corrected chi connectivity index (χ3v) is 3.43. The quantitative estimate of drug-likeness (QED) is 0.492. The molecule has 0 nitrogen and oxygen atoms in total. The highest BCUT2D eigenvalue weighted by molar-refractivity contribution is 9.08. The average molecular weight is 351 g/mol. The van der Waals surface area contributed by atoms with E-state index in [0.717, 1.165) is 18.2 Å². The van der Waals surface area contributed by atoms with Gasteiger partial charge in [-0.1, -0.05) is 34.1 Å². The second-order valence-electron chi connectivity index (χ2n) is 4.11. The van der Waals surface area contributed by atoms with E-state index in [9.17, 15) is 22.0 Å². The maximum absolute atomic E-state index is 13.7. The van der Waals surface area contributed by atoms with Crippen molar-refractivity contribution in [3.63, 3.8) is 0 Å². The van der Waals surface area contributed by atoms with Gasteiger partial charge in [0, 0.05) is 10.9 Å². The minimum Gasteiger partial charge on any atom is -0.204 e. The third kappa shape index (κ3) is 2.85. The summed E-state index contributed by atoms with van der Waals surface area (Å²) in [7, 11) is 0. The standard InChI is InChI=1S/C14H8BrF5/c15-7-8-4-5-11(14(18,19)20)10(6-8)9-2-1-3-12(16)13(9)17/h1-6H,7H2. The molecule has 0 radical (unpaired) electrons. The van der Waals surface area contributed by atoms with Crippen LogP contribution in [0.3, 0.4) is 0 Å². The normalized spacial score (nSPS) is 11.7. The van der Waals surface area contributed by atoms with Crippen molar-refractivity contribution in [1.82, 2.24) is 0 Å². The summed E-state index contributed by atoms with van der Waals surface area (Å²) in [5.41, 5.74) is -1.23. The maximum Gasteiger partial charge on any atom is 0.417 e. The summed E-state index contributed by atoms with van der Waals surface area (Å²) >= 11 is 3.12. The molecule has 0 heterocycles. The van der Waals surface area contributed by atoms with Crippen LogP contribution in [0.2, 0.25) is 0 Å². The van der Waals surface area contributed by atoms with E-state index in [1.807, 2.05) is 0 Å². The van der Waals surface area contributed by atoms with Gasteiger partial charge in [-0.15, -0.1) is 0 Å². The molecule has 0 fully saturated rings. The highest BCUT2D eigenvalue weighted by atomic mass is 79.9. The van der Waals surface area contributed by atoms with Crippen LogP contribution in [0.25, 0.3) is 11.1 Å². The predicted molar refractivity (Wildman–Crippen MR) is 69.4 cm³/mol. The Morgan fingerprint density at radius 3 is 2.25 bits per heavy atom. The van der Waals surface area contributed by atoms with Crippen LogP contribution in [-0.4, -0.2) is 0 Å². The predicted octanol–water partition coefficient (Wildman–Crippen LogP) is 5.55. The van der Waals surface area contributed by atoms with E-state index >= 15 is 0 Å². The van der Waals surface area contributed by atoms with Gasteiger partial charge in [-0.05, 0) is 29.3 Å². The minimum atomic E-state index is -4.64. The molecule has 6 heteroatoms. The van der Waals surface area contributed by atoms with Gasteiger partial charge in [0.1, 0.15) is 0 Å². The van der Waals surface area contributed by atoms with Gasteiger partial charge in [0.15, 0.2) is 11.6 Å². The van der Waals surface area contributed by atoms with E-state index in [4.69, 9.17) is 0 Å². The first kappa shape index (κ1) is 15.0. The van der Waals surface area contributed by atoms with Crippen LogP contribution in [0.1, 0.15) is 11.1 Å². The molecule has 2 aromatic rings. The topological polar surface area (TPSA) is 0 Å². The molecule has 0 amide bonds. The van der Waals surface area contributed by atoms with Crippen LogP contribution >= 0.6 is 15.9 Å². The van der Waals surface area contributed by atoms with Gasteiger partial charge in [-0.2, -0.15) is 13.2 Å². The molecule has 0 N–H and O–H groups in total. The van der Waals surface area contributed by atoms with E-state index in [-0.39, 0.29) is 5.56 Å². The molecule has 0 aliphatic rings. The second kappa shape index (κ2) is 5.52. The molecule has 0 aromatic heterocycles. The summed E-state index contributed by atoms with van der Waals surface area (Å²) in [5.74, 6) is -2.47. The van der Waals surface area contributed by atoms with Crippen molar-refractivity contribution in [2.75, 3.05) is 0 Å². The first-order valence-corrected chi connectivity index (χ1v) is 6.67. The Balaban J connectivity index is 2.73. The first-order chi connectivity index (χ1) is 9.34. The third-order valence-electron chi connectivity index (χ3n) is 2.79. The lowest BCUT2D eigenvalue weighted by Gasteiger charge is -2.15. The van der Waals surface area contributed by atoms with Crippen LogP contribution in [-0.2, 0) is 11.5 Å². The van der Waals surface area contributed by atoms with Crippen molar-refractivity contribution in [1.29, 1.82) is 0 Å². The van der Waals surface area contributed by atoms with Gasteiger partial charge in [0.2, 0.25) is 0 Å². The molecule has 0 atom stereocenters. The zero-order chi connectivity index (χ0) is 14.9. The lowest BCUT2D eigenvalue weighted by Crippen LogP contribution is -2.08. The first-order valence-electron chi connectivity index (χ1n) is 5.55. The Bertz CT molecular complexity index is 634. The van der Waals surface area contributed by atoms with Crippen molar-refractivity contribution in [2.24, 2.45) is 0 Å². The van der Waals surface area contributed by atoms with Crippen LogP contribution in [0, 0.1) is 11.6 Å². The molecule has 0 aliphatic heterocycles. The summed E-state index contributed by atoms with van der Waals surface area (Å²) in [6.07, 6.45) is -4.64. The van der Waals surface area contributed by atoms with E-state index in [0.29, 0.717) is 10.9 Å². The summed E-state index contributed by atoms with van der Waals surface area (Å²) < 4.78 is 65.9. The highest BCUT2D eigenvalue weighted by Crippen LogP contribution is 2.39. The van der Waals surface area contributed by atoms with Gasteiger partial charge in [0.25, 0.3) is 0 Å². The fourth-order valence-corrected chi connectivity index (χ4v) is 2.21. The SMILES string of the molecule is Fc1cccc(-c2cc(CBr)ccc2C(F)(F)F)c1F. The zero-order valence-electron chi connectivity index (χ0n) is 9.94. The second-order valence-corrected chi connectivity index (χ2v) is 4.67. The van der Waals surface area contributed by atoms with Crippen molar-refractivity contribution in [3.05, 3.63) is 59.2 Å². The van der Waals surface area contributed by atoms with Crippen LogP contribution in [0.15, 0.2) is 36.4 Å². The largest absolute Gasteiger partial charge is 0.417 e. The monoisotopic (exact) mass is 350 g/mol. The Labute approximate surface area is 120 Å². The Morgan fingerprint density at radius 2 is 1.65 bits per heavy atom. The van der Waals surface area contributed by atoms with Crippen molar-refractivity contribution < 1.29 is 22.0 Å². The maximum atomic E-state index is 13.7. The molecular formula is C14H8BrF5. The van der Waals surface area contributed by atoms with E-state index in [2.05, 4.69) is 15.9 Å². The van der Waals surface area contributed by atoms with E-state index < -0.39 is 28.9 Å². The van der Waals surface area contributed by atoms with Gasteiger partial charge in [0.05, 0.1) is 5.56 Å². The lowest BCUT2D eigenvalue weighted by atomic mass is 9.96. The number of alkyl halides is 4. The fourth-order valence-electron chi connectivity index (χ4n) is 1.86. The fraction of sp³-hybridized carbons (Fsp3) is 0.143. The number of hydrogen-bond acceptors (Lipinski definition) is 0. The summed E-state index contributed by atoms with van der Waals surface area (Å²) in [4.78, 5) is 0.